The lowest BCUT2D eigenvalue weighted by atomic mass is 9.91. The number of hydrogen-bond donors (Lipinski definition) is 2. The number of para-hydroxylation sites is 1. The summed E-state index contributed by atoms with van der Waals surface area (Å²) in [5.74, 6) is 0.320. The Morgan fingerprint density at radius 1 is 1.14 bits per heavy atom. The molecule has 0 saturated heterocycles. The van der Waals surface area contributed by atoms with Crippen LogP contribution in [-0.4, -0.2) is 43.0 Å². The Balaban J connectivity index is 1.49. The Kier molecular flexibility index (Phi) is 5.05. The van der Waals surface area contributed by atoms with Gasteiger partial charge in [0.05, 0.1) is 16.6 Å². The smallest absolute Gasteiger partial charge is 0.408 e. The molecule has 190 valence electrons. The number of alkyl carbamates (subject to hydrolysis) is 1. The first-order valence-corrected chi connectivity index (χ1v) is 12.6. The van der Waals surface area contributed by atoms with Crippen LogP contribution in [0.2, 0.25) is 0 Å². The first-order chi connectivity index (χ1) is 17.6. The van der Waals surface area contributed by atoms with Crippen LogP contribution in [-0.2, 0) is 10.3 Å². The lowest BCUT2D eigenvalue weighted by molar-refractivity contribution is 0.0458. The van der Waals surface area contributed by atoms with Crippen molar-refractivity contribution in [3.8, 4) is 11.1 Å². The van der Waals surface area contributed by atoms with Crippen LogP contribution < -0.4 is 11.1 Å². The number of rotatable bonds is 4. The Bertz CT molecular complexity index is 1560. The molecule has 9 nitrogen and oxygen atoms in total. The summed E-state index contributed by atoms with van der Waals surface area (Å²) in [6, 6.07) is 9.88. The van der Waals surface area contributed by atoms with Crippen molar-refractivity contribution >= 4 is 40.1 Å². The van der Waals surface area contributed by atoms with E-state index in [1.165, 1.54) is 6.33 Å². The van der Waals surface area contributed by atoms with Crippen LogP contribution in [0.3, 0.4) is 0 Å². The zero-order valence-electron chi connectivity index (χ0n) is 21.2. The Morgan fingerprint density at radius 2 is 1.89 bits per heavy atom. The van der Waals surface area contributed by atoms with Crippen LogP contribution in [0.25, 0.3) is 33.1 Å². The number of aldehydes is 1. The highest BCUT2D eigenvalue weighted by atomic mass is 16.6. The fraction of sp³-hybridized carbons (Fsp3) is 0.393. The number of amides is 1. The maximum absolute atomic E-state index is 12.8. The lowest BCUT2D eigenvalue weighted by Gasteiger charge is -2.31. The molecule has 6 rings (SSSR count). The van der Waals surface area contributed by atoms with Gasteiger partial charge in [0.25, 0.3) is 0 Å². The van der Waals surface area contributed by atoms with E-state index < -0.39 is 11.7 Å². The molecule has 0 radical (unpaired) electrons. The zero-order chi connectivity index (χ0) is 26.0. The Morgan fingerprint density at radius 3 is 2.62 bits per heavy atom. The second-order valence-electron chi connectivity index (χ2n) is 11.4. The molecular weight excluding hydrogens is 468 g/mol. The third-order valence-electron chi connectivity index (χ3n) is 7.85. The quantitative estimate of drug-likeness (QED) is 0.380. The largest absolute Gasteiger partial charge is 0.444 e. The first-order valence-electron chi connectivity index (χ1n) is 12.6. The molecule has 0 aliphatic heterocycles. The van der Waals surface area contributed by atoms with Gasteiger partial charge in [-0.1, -0.05) is 18.2 Å². The van der Waals surface area contributed by atoms with Gasteiger partial charge in [-0.05, 0) is 65.0 Å². The van der Waals surface area contributed by atoms with E-state index >= 15 is 0 Å². The van der Waals surface area contributed by atoms with Crippen molar-refractivity contribution in [3.05, 3.63) is 48.5 Å². The topological polar surface area (TPSA) is 125 Å². The van der Waals surface area contributed by atoms with Crippen molar-refractivity contribution in [1.82, 2.24) is 24.8 Å². The number of nitrogens with two attached hydrogens (primary N) is 1. The van der Waals surface area contributed by atoms with E-state index in [-0.39, 0.29) is 11.1 Å². The molecule has 2 saturated carbocycles. The maximum Gasteiger partial charge on any atom is 0.408 e. The SMILES string of the molecule is CC(C)(C)OC(=O)NC12CCC(n3c(C=O)c(-c4cnc5ccccc5c4)c4c(N)ncnc43)(CC1)C2. The highest BCUT2D eigenvalue weighted by Crippen LogP contribution is 2.57. The van der Waals surface area contributed by atoms with E-state index in [9.17, 15) is 9.59 Å². The normalized spacial score (nSPS) is 23.0. The van der Waals surface area contributed by atoms with Gasteiger partial charge in [-0.25, -0.2) is 14.8 Å². The molecular formula is C28H30N6O3. The van der Waals surface area contributed by atoms with Gasteiger partial charge in [0.2, 0.25) is 0 Å². The van der Waals surface area contributed by atoms with Gasteiger partial charge in [-0.3, -0.25) is 9.78 Å². The molecule has 0 spiro atoms. The number of benzene rings is 1. The van der Waals surface area contributed by atoms with Crippen LogP contribution in [0.1, 0.15) is 63.4 Å². The summed E-state index contributed by atoms with van der Waals surface area (Å²) in [5, 5.41) is 4.78. The summed E-state index contributed by atoms with van der Waals surface area (Å²) in [4.78, 5) is 39.0. The molecule has 2 bridgehead atoms. The Hall–Kier alpha value is -4.01. The van der Waals surface area contributed by atoms with Crippen molar-refractivity contribution in [2.45, 2.75) is 69.6 Å². The molecule has 2 aliphatic rings. The highest BCUT2D eigenvalue weighted by Gasteiger charge is 2.57. The van der Waals surface area contributed by atoms with Crippen molar-refractivity contribution in [2.24, 2.45) is 0 Å². The van der Waals surface area contributed by atoms with Crippen molar-refractivity contribution < 1.29 is 14.3 Å². The van der Waals surface area contributed by atoms with Crippen LogP contribution >= 0.6 is 0 Å². The molecule has 3 aromatic heterocycles. The first kappa shape index (κ1) is 23.4. The van der Waals surface area contributed by atoms with E-state index in [2.05, 4.69) is 24.8 Å². The van der Waals surface area contributed by atoms with Crippen LogP contribution in [0.5, 0.6) is 0 Å². The number of pyridine rings is 1. The summed E-state index contributed by atoms with van der Waals surface area (Å²) >= 11 is 0. The summed E-state index contributed by atoms with van der Waals surface area (Å²) in [6.07, 6.45) is 7.55. The van der Waals surface area contributed by atoms with Gasteiger partial charge < -0.3 is 20.4 Å². The number of aromatic nitrogens is 4. The van der Waals surface area contributed by atoms with E-state index in [4.69, 9.17) is 10.5 Å². The molecule has 3 N–H and O–H groups in total. The number of carbonyl (C=O) groups excluding carboxylic acids is 2. The molecule has 1 aromatic carbocycles. The van der Waals surface area contributed by atoms with Gasteiger partial charge in [-0.2, -0.15) is 0 Å². The second kappa shape index (κ2) is 7.99. The second-order valence-corrected chi connectivity index (χ2v) is 11.4. The molecule has 1 amide bonds. The van der Waals surface area contributed by atoms with Crippen molar-refractivity contribution in [1.29, 1.82) is 0 Å². The molecule has 2 fully saturated rings. The minimum absolute atomic E-state index is 0.320. The maximum atomic E-state index is 12.8. The standard InChI is InChI=1S/C28H30N6O3/c1-26(2,3)37-25(36)33-27-8-10-28(15-27,11-9-27)34-20(14-35)21(22-23(29)31-16-32-24(22)34)18-12-17-6-4-5-7-19(17)30-13-18/h4-7,12-14,16H,8-11,15H2,1-3H3,(H,33,36)(H2,29,31,32). The van der Waals surface area contributed by atoms with Gasteiger partial charge in [-0.15, -0.1) is 0 Å². The highest BCUT2D eigenvalue weighted by molar-refractivity contribution is 6.08. The monoisotopic (exact) mass is 498 g/mol. The zero-order valence-corrected chi connectivity index (χ0v) is 21.2. The molecule has 0 atom stereocenters. The fourth-order valence-electron chi connectivity index (χ4n) is 6.41. The summed E-state index contributed by atoms with van der Waals surface area (Å²) in [6.45, 7) is 5.56. The van der Waals surface area contributed by atoms with E-state index in [1.54, 1.807) is 6.20 Å². The molecule has 4 aromatic rings. The van der Waals surface area contributed by atoms with Crippen LogP contribution in [0.4, 0.5) is 10.6 Å². The number of nitrogens with zero attached hydrogens (tertiary/aromatic N) is 4. The third kappa shape index (κ3) is 3.72. The average Bonchev–Trinajstić information content (AvgIpc) is 3.51. The van der Waals surface area contributed by atoms with Crippen molar-refractivity contribution in [3.63, 3.8) is 0 Å². The minimum atomic E-state index is -0.576. The number of nitrogen functional groups attached to an aromatic ring is 1. The van der Waals surface area contributed by atoms with Crippen LogP contribution in [0.15, 0.2) is 42.9 Å². The van der Waals surface area contributed by atoms with E-state index in [0.29, 0.717) is 34.5 Å². The van der Waals surface area contributed by atoms with E-state index in [1.807, 2.05) is 51.1 Å². The predicted molar refractivity (Wildman–Crippen MR) is 141 cm³/mol. The summed E-state index contributed by atoms with van der Waals surface area (Å²) in [7, 11) is 0. The number of carbonyl (C=O) groups is 2. The molecule has 37 heavy (non-hydrogen) atoms. The fourth-order valence-corrected chi connectivity index (χ4v) is 6.41. The third-order valence-corrected chi connectivity index (χ3v) is 7.85. The van der Waals surface area contributed by atoms with Crippen molar-refractivity contribution in [2.75, 3.05) is 5.73 Å². The molecule has 9 heteroatoms. The molecule has 2 aliphatic carbocycles. The van der Waals surface area contributed by atoms with E-state index in [0.717, 1.165) is 48.4 Å². The summed E-state index contributed by atoms with van der Waals surface area (Å²) < 4.78 is 7.61. The number of hydrogen-bond acceptors (Lipinski definition) is 7. The van der Waals surface area contributed by atoms with Gasteiger partial charge in [0.15, 0.2) is 6.29 Å². The number of nitrogens with one attached hydrogen (secondary N) is 1. The lowest BCUT2D eigenvalue weighted by Crippen LogP contribution is -2.47. The predicted octanol–water partition coefficient (Wildman–Crippen LogP) is 4.98. The molecule has 0 unspecified atom stereocenters. The van der Waals surface area contributed by atoms with Gasteiger partial charge in [0.1, 0.15) is 23.4 Å². The Labute approximate surface area is 214 Å². The molecule has 3 heterocycles. The number of anilines is 1. The minimum Gasteiger partial charge on any atom is -0.444 e. The van der Waals surface area contributed by atoms with Gasteiger partial charge >= 0.3 is 6.09 Å². The number of ether oxygens (including phenoxy) is 1. The number of fused-ring (bicyclic) bond motifs is 4. The summed E-state index contributed by atoms with van der Waals surface area (Å²) in [5.41, 5.74) is 8.56. The van der Waals surface area contributed by atoms with Crippen LogP contribution in [0, 0.1) is 0 Å². The van der Waals surface area contributed by atoms with Gasteiger partial charge in [0, 0.05) is 33.8 Å². The average molecular weight is 499 g/mol.